The minimum absolute atomic E-state index is 0.000783. The van der Waals surface area contributed by atoms with Crippen molar-refractivity contribution in [1.82, 2.24) is 24.6 Å². The van der Waals surface area contributed by atoms with Crippen molar-refractivity contribution in [3.63, 3.8) is 0 Å². The second-order valence-electron chi connectivity index (χ2n) is 7.95. The summed E-state index contributed by atoms with van der Waals surface area (Å²) in [4.78, 5) is 27.3. The summed E-state index contributed by atoms with van der Waals surface area (Å²) in [6.07, 6.45) is -2.29. The molecule has 1 atom stereocenters. The van der Waals surface area contributed by atoms with Crippen molar-refractivity contribution in [2.45, 2.75) is 38.1 Å². The quantitative estimate of drug-likeness (QED) is 0.391. The maximum Gasteiger partial charge on any atom is 0.451 e. The zero-order chi connectivity index (χ0) is 27.3. The lowest BCUT2D eigenvalue weighted by molar-refractivity contribution is -0.255. The molecule has 15 heteroatoms. The van der Waals surface area contributed by atoms with Crippen LogP contribution in [0.15, 0.2) is 36.7 Å². The van der Waals surface area contributed by atoms with E-state index in [2.05, 4.69) is 15.2 Å². The molecule has 0 unspecified atom stereocenters. The van der Waals surface area contributed by atoms with E-state index < -0.39 is 47.4 Å². The summed E-state index contributed by atoms with van der Waals surface area (Å²) in [5.41, 5.74) is 5.80. The predicted molar refractivity (Wildman–Crippen MR) is 112 cm³/mol. The minimum Gasteiger partial charge on any atom is -0.545 e. The third-order valence-corrected chi connectivity index (χ3v) is 5.28. The fourth-order valence-corrected chi connectivity index (χ4v) is 3.50. The molecule has 2 aromatic heterocycles. The third kappa shape index (κ3) is 7.03. The Labute approximate surface area is 205 Å². The lowest BCUT2D eigenvalue weighted by Gasteiger charge is -2.29. The fraction of sp³-hybridized carbons (Fsp3) is 0.318. The average Bonchev–Trinajstić information content (AvgIpc) is 3.27. The first-order chi connectivity index (χ1) is 17.4. The minimum atomic E-state index is -4.64. The number of carboxylic acid groups (broad SMARTS) is 1. The molecule has 2 N–H and O–H groups in total. The molecule has 0 aliphatic carbocycles. The number of nitrogens with zero attached hydrogens (tertiary/aromatic N) is 5. The number of alkyl halides is 3. The highest BCUT2D eigenvalue weighted by atomic mass is 19.4. The zero-order valence-corrected chi connectivity index (χ0v) is 18.9. The number of carbonyl (C=O) groups excluding carboxylic acids is 2. The van der Waals surface area contributed by atoms with E-state index in [1.54, 1.807) is 0 Å². The number of pyridine rings is 1. The number of carboxylic acids is 1. The number of aromatic carboxylic acids is 1. The standard InChI is InChI=1S/C16H15F6N5O.C6H5NO2/c17-10-6-12(19)11(18)4-8(10)3-9(23)5-14(28)26-1-2-27-13(7-26)24-25-15(27)16(20,21)22;8-6(9)5-1-3-7-4-2-5/h4,6,9H,1-3,5,7,23H2;1-4H,(H,8,9)/p-1/t9-;/m1./s1. The van der Waals surface area contributed by atoms with Gasteiger partial charge in [0, 0.05) is 49.6 Å². The van der Waals surface area contributed by atoms with Crippen molar-refractivity contribution in [2.75, 3.05) is 6.54 Å². The van der Waals surface area contributed by atoms with Crippen LogP contribution in [0.2, 0.25) is 0 Å². The summed E-state index contributed by atoms with van der Waals surface area (Å²) in [5.74, 6) is -6.32. The third-order valence-electron chi connectivity index (χ3n) is 5.28. The van der Waals surface area contributed by atoms with Crippen molar-refractivity contribution in [1.29, 1.82) is 0 Å². The van der Waals surface area contributed by atoms with Crippen LogP contribution in [0.4, 0.5) is 26.3 Å². The predicted octanol–water partition coefficient (Wildman–Crippen LogP) is 1.46. The molecular formula is C22H19F6N6O3-. The summed E-state index contributed by atoms with van der Waals surface area (Å²) in [6.45, 7) is -0.302. The van der Waals surface area contributed by atoms with Crippen LogP contribution < -0.4 is 10.8 Å². The van der Waals surface area contributed by atoms with Crippen LogP contribution in [0.25, 0.3) is 0 Å². The van der Waals surface area contributed by atoms with Gasteiger partial charge in [-0.05, 0) is 30.2 Å². The van der Waals surface area contributed by atoms with Crippen LogP contribution in [0, 0.1) is 17.5 Å². The van der Waals surface area contributed by atoms with Crippen molar-refractivity contribution in [3.8, 4) is 0 Å². The molecule has 0 bridgehead atoms. The van der Waals surface area contributed by atoms with Crippen molar-refractivity contribution in [3.05, 3.63) is 76.9 Å². The monoisotopic (exact) mass is 529 g/mol. The number of fused-ring (bicyclic) bond motifs is 1. The molecule has 3 heterocycles. The summed E-state index contributed by atoms with van der Waals surface area (Å²) < 4.78 is 79.3. The Bertz CT molecular complexity index is 1270. The Hall–Kier alpha value is -4.01. The second kappa shape index (κ2) is 11.4. The van der Waals surface area contributed by atoms with Crippen LogP contribution in [0.1, 0.15) is 34.0 Å². The number of carbonyl (C=O) groups is 2. The molecule has 1 amide bonds. The van der Waals surface area contributed by atoms with Gasteiger partial charge in [0.2, 0.25) is 11.7 Å². The zero-order valence-electron chi connectivity index (χ0n) is 18.9. The van der Waals surface area contributed by atoms with Gasteiger partial charge in [0.25, 0.3) is 0 Å². The lowest BCUT2D eigenvalue weighted by atomic mass is 10.0. The van der Waals surface area contributed by atoms with Crippen molar-refractivity contribution < 1.29 is 41.0 Å². The lowest BCUT2D eigenvalue weighted by Crippen LogP contribution is -2.42. The molecule has 3 aromatic rings. The Balaban J connectivity index is 0.000000356. The molecule has 0 radical (unpaired) electrons. The first-order valence-electron chi connectivity index (χ1n) is 10.6. The Kier molecular flexibility index (Phi) is 8.47. The first-order valence-corrected chi connectivity index (χ1v) is 10.6. The molecule has 1 aromatic carbocycles. The molecule has 1 aliphatic rings. The molecule has 37 heavy (non-hydrogen) atoms. The number of hydrogen-bond donors (Lipinski definition) is 1. The van der Waals surface area contributed by atoms with E-state index >= 15 is 0 Å². The van der Waals surface area contributed by atoms with Gasteiger partial charge < -0.3 is 25.1 Å². The van der Waals surface area contributed by atoms with Gasteiger partial charge in [0.05, 0.1) is 12.5 Å². The van der Waals surface area contributed by atoms with E-state index in [-0.39, 0.29) is 49.4 Å². The van der Waals surface area contributed by atoms with Crippen LogP contribution in [-0.2, 0) is 30.5 Å². The summed E-state index contributed by atoms with van der Waals surface area (Å²) in [5, 5.41) is 16.7. The molecule has 4 rings (SSSR count). The SMILES string of the molecule is N[C@@H](CC(=O)N1CCn2c(nnc2C(F)(F)F)C1)Cc1cc(F)c(F)cc1F.O=C([O-])c1ccncc1. The van der Waals surface area contributed by atoms with Gasteiger partial charge in [-0.1, -0.05) is 0 Å². The van der Waals surface area contributed by atoms with Gasteiger partial charge in [-0.2, -0.15) is 13.2 Å². The second-order valence-corrected chi connectivity index (χ2v) is 7.95. The maximum absolute atomic E-state index is 13.7. The maximum atomic E-state index is 13.7. The van der Waals surface area contributed by atoms with Crippen molar-refractivity contribution >= 4 is 11.9 Å². The van der Waals surface area contributed by atoms with E-state index in [0.717, 1.165) is 4.57 Å². The molecule has 0 spiro atoms. The highest BCUT2D eigenvalue weighted by molar-refractivity contribution is 5.85. The van der Waals surface area contributed by atoms with Crippen LogP contribution in [-0.4, -0.2) is 49.1 Å². The number of hydrogen-bond acceptors (Lipinski definition) is 7. The molecule has 198 valence electrons. The molecule has 0 saturated heterocycles. The van der Waals surface area contributed by atoms with Crippen LogP contribution >= 0.6 is 0 Å². The average molecular weight is 529 g/mol. The van der Waals surface area contributed by atoms with Gasteiger partial charge in [-0.3, -0.25) is 9.78 Å². The van der Waals surface area contributed by atoms with Gasteiger partial charge in [-0.25, -0.2) is 13.2 Å². The van der Waals surface area contributed by atoms with E-state index in [4.69, 9.17) is 5.73 Å². The molecule has 1 aliphatic heterocycles. The van der Waals surface area contributed by atoms with Gasteiger partial charge in [0.1, 0.15) is 5.82 Å². The normalized spacial score (nSPS) is 13.9. The van der Waals surface area contributed by atoms with E-state index in [9.17, 15) is 41.0 Å². The van der Waals surface area contributed by atoms with Gasteiger partial charge in [0.15, 0.2) is 17.5 Å². The number of aromatic nitrogens is 4. The molecule has 0 fully saturated rings. The summed E-state index contributed by atoms with van der Waals surface area (Å²) in [7, 11) is 0. The molecule has 0 saturated carbocycles. The Morgan fingerprint density at radius 2 is 1.68 bits per heavy atom. The van der Waals surface area contributed by atoms with E-state index in [1.165, 1.54) is 29.4 Å². The molecular weight excluding hydrogens is 510 g/mol. The smallest absolute Gasteiger partial charge is 0.451 e. The number of nitrogens with two attached hydrogens (primary N) is 1. The highest BCUT2D eigenvalue weighted by Crippen LogP contribution is 2.29. The van der Waals surface area contributed by atoms with E-state index in [1.807, 2.05) is 0 Å². The Morgan fingerprint density at radius 1 is 1.03 bits per heavy atom. The van der Waals surface area contributed by atoms with E-state index in [0.29, 0.717) is 12.1 Å². The topological polar surface area (TPSA) is 130 Å². The number of amides is 1. The number of halogens is 6. The Morgan fingerprint density at radius 3 is 2.27 bits per heavy atom. The highest BCUT2D eigenvalue weighted by Gasteiger charge is 2.40. The van der Waals surface area contributed by atoms with Crippen LogP contribution in [0.5, 0.6) is 0 Å². The summed E-state index contributed by atoms with van der Waals surface area (Å²) >= 11 is 0. The molecule has 9 nitrogen and oxygen atoms in total. The number of rotatable bonds is 5. The fourth-order valence-electron chi connectivity index (χ4n) is 3.50. The van der Waals surface area contributed by atoms with Gasteiger partial charge in [-0.15, -0.1) is 10.2 Å². The first kappa shape index (κ1) is 27.6. The van der Waals surface area contributed by atoms with Crippen LogP contribution in [0.3, 0.4) is 0 Å². The van der Waals surface area contributed by atoms with Gasteiger partial charge >= 0.3 is 6.18 Å². The number of benzene rings is 1. The van der Waals surface area contributed by atoms with Crippen molar-refractivity contribution in [2.24, 2.45) is 5.73 Å². The largest absolute Gasteiger partial charge is 0.545 e. The summed E-state index contributed by atoms with van der Waals surface area (Å²) in [6, 6.07) is 2.95.